The summed E-state index contributed by atoms with van der Waals surface area (Å²) in [7, 11) is 2.08. The van der Waals surface area contributed by atoms with Crippen LogP contribution in [0.1, 0.15) is 0 Å². The molecular formula is C25H29F3N8O. The van der Waals surface area contributed by atoms with Crippen LogP contribution in [0.5, 0.6) is 0 Å². The van der Waals surface area contributed by atoms with Gasteiger partial charge in [0.05, 0.1) is 11.9 Å². The highest BCUT2D eigenvalue weighted by Gasteiger charge is 2.35. The molecule has 9 nitrogen and oxygen atoms in total. The van der Waals surface area contributed by atoms with Crippen LogP contribution in [0.15, 0.2) is 76.6 Å². The number of halogens is 3. The van der Waals surface area contributed by atoms with Crippen molar-refractivity contribution in [2.45, 2.75) is 6.18 Å². The molecule has 2 aromatic rings. The Hall–Kier alpha value is -4.19. The Balaban J connectivity index is 1.66. The van der Waals surface area contributed by atoms with Gasteiger partial charge in [-0.1, -0.05) is 12.6 Å². The highest BCUT2D eigenvalue weighted by Crippen LogP contribution is 2.29. The van der Waals surface area contributed by atoms with Gasteiger partial charge < -0.3 is 25.8 Å². The number of hydrogen-bond donors (Lipinski definition) is 3. The number of piperazine rings is 1. The lowest BCUT2D eigenvalue weighted by Crippen LogP contribution is -2.44. The molecule has 196 valence electrons. The molecule has 3 rings (SSSR count). The summed E-state index contributed by atoms with van der Waals surface area (Å²) in [6.45, 7) is 10.2. The van der Waals surface area contributed by atoms with E-state index in [1.165, 1.54) is 12.1 Å². The number of alkyl halides is 3. The Bertz CT molecular complexity index is 1150. The van der Waals surface area contributed by atoms with Crippen LogP contribution in [0, 0.1) is 0 Å². The third-order valence-corrected chi connectivity index (χ3v) is 5.47. The predicted molar refractivity (Wildman–Crippen MR) is 142 cm³/mol. The molecule has 1 aliphatic heterocycles. The van der Waals surface area contributed by atoms with Gasteiger partial charge in [0.1, 0.15) is 23.9 Å². The van der Waals surface area contributed by atoms with Crippen molar-refractivity contribution in [3.63, 3.8) is 0 Å². The lowest BCUT2D eigenvalue weighted by atomic mass is 10.2. The van der Waals surface area contributed by atoms with Crippen molar-refractivity contribution >= 4 is 41.7 Å². The number of carbonyl (C=O) groups is 1. The van der Waals surface area contributed by atoms with E-state index in [0.717, 1.165) is 38.1 Å². The molecule has 0 unspecified atom stereocenters. The van der Waals surface area contributed by atoms with E-state index in [1.54, 1.807) is 18.3 Å². The molecule has 37 heavy (non-hydrogen) atoms. The Kier molecular flexibility index (Phi) is 9.39. The van der Waals surface area contributed by atoms with Crippen molar-refractivity contribution in [1.82, 2.24) is 9.88 Å². The maximum atomic E-state index is 13.8. The minimum atomic E-state index is -4.74. The quantitative estimate of drug-likeness (QED) is 0.328. The van der Waals surface area contributed by atoms with Crippen LogP contribution in [-0.2, 0) is 4.79 Å². The van der Waals surface area contributed by atoms with E-state index in [0.29, 0.717) is 17.6 Å². The van der Waals surface area contributed by atoms with Crippen molar-refractivity contribution < 1.29 is 18.0 Å². The number of rotatable bonds is 10. The molecule has 1 fully saturated rings. The number of carbonyl (C=O) groups excluding carboxylic acids is 1. The molecule has 1 aromatic heterocycles. The van der Waals surface area contributed by atoms with E-state index < -0.39 is 23.5 Å². The molecule has 2 heterocycles. The maximum Gasteiger partial charge on any atom is 0.421 e. The highest BCUT2D eigenvalue weighted by molar-refractivity contribution is 5.99. The molecule has 0 atom stereocenters. The third-order valence-electron chi connectivity index (χ3n) is 5.47. The molecular weight excluding hydrogens is 485 g/mol. The zero-order valence-corrected chi connectivity index (χ0v) is 20.4. The standard InChI is InChI=1S/C25H29F3N8O/c1-4-23(37)33-18-6-5-7-19(14-18)34-24(29-2)21(25(26,27)28)16-30-17-32-20-8-9-22(31-15-20)36-12-10-35(3)11-13-36/h4-9,14-16,32,34H,1-2,10-13,17H2,3H3,(H,33,37)/b24-21-,30-16?. The number of benzene rings is 1. The molecule has 1 aromatic carbocycles. The first-order valence-corrected chi connectivity index (χ1v) is 11.4. The van der Waals surface area contributed by atoms with Gasteiger partial charge in [-0.25, -0.2) is 9.98 Å². The van der Waals surface area contributed by atoms with Gasteiger partial charge in [-0.2, -0.15) is 13.2 Å². The summed E-state index contributed by atoms with van der Waals surface area (Å²) in [6.07, 6.45) is -1.34. The van der Waals surface area contributed by atoms with Crippen LogP contribution in [0.25, 0.3) is 0 Å². The lowest BCUT2D eigenvalue weighted by molar-refractivity contribution is -0.111. The van der Waals surface area contributed by atoms with Gasteiger partial charge in [-0.3, -0.25) is 9.79 Å². The van der Waals surface area contributed by atoms with Gasteiger partial charge in [0.15, 0.2) is 0 Å². The van der Waals surface area contributed by atoms with Gasteiger partial charge in [-0.05, 0) is 50.2 Å². The van der Waals surface area contributed by atoms with Crippen LogP contribution in [-0.4, -0.2) is 74.8 Å². The number of aliphatic imine (C=N–C) groups is 2. The normalized spacial score (nSPS) is 15.2. The van der Waals surface area contributed by atoms with E-state index in [-0.39, 0.29) is 12.4 Å². The van der Waals surface area contributed by atoms with E-state index >= 15 is 0 Å². The fourth-order valence-electron chi connectivity index (χ4n) is 3.45. The second kappa shape index (κ2) is 12.7. The molecule has 1 aliphatic rings. The Labute approximate surface area is 213 Å². The van der Waals surface area contributed by atoms with Crippen molar-refractivity contribution in [2.75, 3.05) is 60.7 Å². The first kappa shape index (κ1) is 27.4. The smallest absolute Gasteiger partial charge is 0.365 e. The molecule has 0 saturated carbocycles. The summed E-state index contributed by atoms with van der Waals surface area (Å²) in [4.78, 5) is 27.8. The number of likely N-dealkylation sites (N-methyl/N-ethyl adjacent to an activating group) is 1. The van der Waals surface area contributed by atoms with Crippen molar-refractivity contribution in [2.24, 2.45) is 9.98 Å². The Morgan fingerprint density at radius 2 is 1.81 bits per heavy atom. The largest absolute Gasteiger partial charge is 0.421 e. The number of nitrogens with one attached hydrogen (secondary N) is 3. The molecule has 3 N–H and O–H groups in total. The van der Waals surface area contributed by atoms with E-state index in [9.17, 15) is 18.0 Å². The molecule has 12 heteroatoms. The van der Waals surface area contributed by atoms with Crippen LogP contribution in [0.2, 0.25) is 0 Å². The summed E-state index contributed by atoms with van der Waals surface area (Å²) in [6, 6.07) is 9.82. The summed E-state index contributed by atoms with van der Waals surface area (Å²) < 4.78 is 41.3. The molecule has 0 aliphatic carbocycles. The molecule has 1 saturated heterocycles. The topological polar surface area (TPSA) is 97.2 Å². The van der Waals surface area contributed by atoms with Gasteiger partial charge in [0.25, 0.3) is 0 Å². The molecule has 1 amide bonds. The van der Waals surface area contributed by atoms with Crippen molar-refractivity contribution in [3.05, 3.63) is 66.6 Å². The molecule has 0 bridgehead atoms. The van der Waals surface area contributed by atoms with Crippen LogP contribution in [0.3, 0.4) is 0 Å². The van der Waals surface area contributed by atoms with Gasteiger partial charge in [0, 0.05) is 43.8 Å². The summed E-state index contributed by atoms with van der Waals surface area (Å²) >= 11 is 0. The fourth-order valence-corrected chi connectivity index (χ4v) is 3.45. The minimum absolute atomic E-state index is 0.109. The van der Waals surface area contributed by atoms with E-state index in [2.05, 4.69) is 61.1 Å². The van der Waals surface area contributed by atoms with Gasteiger partial charge >= 0.3 is 6.18 Å². The fraction of sp³-hybridized carbons (Fsp3) is 0.280. The monoisotopic (exact) mass is 514 g/mol. The van der Waals surface area contributed by atoms with Crippen LogP contribution >= 0.6 is 0 Å². The highest BCUT2D eigenvalue weighted by atomic mass is 19.4. The summed E-state index contributed by atoms with van der Waals surface area (Å²) in [5.74, 6) is -0.124. The Morgan fingerprint density at radius 1 is 1.11 bits per heavy atom. The number of nitrogens with zero attached hydrogens (tertiary/aromatic N) is 5. The zero-order chi connectivity index (χ0) is 26.8. The second-order valence-electron chi connectivity index (χ2n) is 8.16. The first-order valence-electron chi connectivity index (χ1n) is 11.4. The van der Waals surface area contributed by atoms with Crippen molar-refractivity contribution in [1.29, 1.82) is 0 Å². The second-order valence-corrected chi connectivity index (χ2v) is 8.16. The van der Waals surface area contributed by atoms with E-state index in [1.807, 2.05) is 12.1 Å². The zero-order valence-electron chi connectivity index (χ0n) is 20.4. The van der Waals surface area contributed by atoms with Crippen molar-refractivity contribution in [3.8, 4) is 0 Å². The lowest BCUT2D eigenvalue weighted by Gasteiger charge is -2.33. The van der Waals surface area contributed by atoms with Crippen LogP contribution in [0.4, 0.5) is 36.1 Å². The molecule has 0 radical (unpaired) electrons. The number of hydrogen-bond acceptors (Lipinski definition) is 8. The predicted octanol–water partition coefficient (Wildman–Crippen LogP) is 3.98. The average Bonchev–Trinajstić information content (AvgIpc) is 2.88. The van der Waals surface area contributed by atoms with Gasteiger partial charge in [0.2, 0.25) is 5.91 Å². The minimum Gasteiger partial charge on any atom is -0.365 e. The summed E-state index contributed by atoms with van der Waals surface area (Å²) in [5, 5.41) is 8.06. The van der Waals surface area contributed by atoms with Crippen LogP contribution < -0.4 is 20.9 Å². The number of anilines is 4. The maximum absolute atomic E-state index is 13.8. The Morgan fingerprint density at radius 3 is 2.41 bits per heavy atom. The number of aromatic nitrogens is 1. The van der Waals surface area contributed by atoms with Gasteiger partial charge in [-0.15, -0.1) is 0 Å². The third kappa shape index (κ3) is 8.17. The number of allylic oxidation sites excluding steroid dienone is 1. The number of pyridine rings is 1. The summed E-state index contributed by atoms with van der Waals surface area (Å²) in [5.41, 5.74) is 0.167. The number of amides is 1. The molecule has 0 spiro atoms. The van der Waals surface area contributed by atoms with E-state index in [4.69, 9.17) is 0 Å². The SMILES string of the molecule is C=CC(=O)Nc1cccc(N/C(N=C)=C(/C=NCNc2ccc(N3CCN(C)CC3)nc2)C(F)(F)F)c1. The average molecular weight is 515 g/mol. The first-order chi connectivity index (χ1) is 17.7.